The normalized spacial score (nSPS) is 18.1. The summed E-state index contributed by atoms with van der Waals surface area (Å²) < 4.78 is 47.3. The Morgan fingerprint density at radius 3 is 2.37 bits per heavy atom. The fourth-order valence-electron chi connectivity index (χ4n) is 5.61. The van der Waals surface area contributed by atoms with E-state index in [4.69, 9.17) is 14.7 Å². The first-order chi connectivity index (χ1) is 20.7. The summed E-state index contributed by atoms with van der Waals surface area (Å²) in [6.07, 6.45) is 2.72. The molecule has 0 radical (unpaired) electrons. The monoisotopic (exact) mass is 672 g/mol. The largest absolute Gasteiger partial charge is 0.466 e. The standard InChI is InChI=1S/C31H34BrFN4O5S/c1-2-42-30(39)22-15-18-36(19-16-22)31-34-25(20-27(35-31)21-5-7-23(32)8-6-21)11-14-29(38)28-4-3-17-37(28)43(40,41)26-12-9-24(33)10-13-26/h5-10,12-13,20,22,28H,2-4,11,14-19H2,1H3/t28-/m0/s1. The Bertz CT molecular complexity index is 1560. The summed E-state index contributed by atoms with van der Waals surface area (Å²) in [5.74, 6) is -0.491. The van der Waals surface area contributed by atoms with Crippen LogP contribution in [0, 0.1) is 11.7 Å². The van der Waals surface area contributed by atoms with Crippen LogP contribution in [0.25, 0.3) is 11.3 Å². The van der Waals surface area contributed by atoms with Crippen molar-refractivity contribution in [1.29, 1.82) is 0 Å². The van der Waals surface area contributed by atoms with Crippen molar-refractivity contribution in [2.75, 3.05) is 31.1 Å². The predicted octanol–water partition coefficient (Wildman–Crippen LogP) is 5.18. The minimum atomic E-state index is -3.94. The SMILES string of the molecule is CCOC(=O)C1CCN(c2nc(CCC(=O)[C@@H]3CCCN3S(=O)(=O)c3ccc(F)cc3)cc(-c3ccc(Br)cc3)n2)CC1. The second-order valence-corrected chi connectivity index (χ2v) is 13.6. The fraction of sp³-hybridized carbons (Fsp3) is 0.419. The zero-order valence-electron chi connectivity index (χ0n) is 23.9. The molecule has 0 N–H and O–H groups in total. The number of benzene rings is 2. The number of ether oxygens (including phenoxy) is 1. The maximum atomic E-state index is 13.4. The summed E-state index contributed by atoms with van der Waals surface area (Å²) in [4.78, 5) is 37.3. The van der Waals surface area contributed by atoms with Crippen molar-refractivity contribution >= 4 is 43.7 Å². The topological polar surface area (TPSA) is 110 Å². The fourth-order valence-corrected chi connectivity index (χ4v) is 7.55. The van der Waals surface area contributed by atoms with E-state index in [1.165, 1.54) is 16.4 Å². The number of nitrogens with zero attached hydrogens (tertiary/aromatic N) is 4. The van der Waals surface area contributed by atoms with Gasteiger partial charge in [0.25, 0.3) is 0 Å². The van der Waals surface area contributed by atoms with Crippen molar-refractivity contribution in [3.8, 4) is 11.3 Å². The minimum absolute atomic E-state index is 0.0279. The number of halogens is 2. The van der Waals surface area contributed by atoms with E-state index < -0.39 is 21.9 Å². The second kappa shape index (κ2) is 13.6. The summed E-state index contributed by atoms with van der Waals surface area (Å²) in [6.45, 7) is 3.60. The highest BCUT2D eigenvalue weighted by Crippen LogP contribution is 2.29. The lowest BCUT2D eigenvalue weighted by molar-refractivity contribution is -0.148. The van der Waals surface area contributed by atoms with Crippen LogP contribution in [0.1, 0.15) is 44.7 Å². The first-order valence-electron chi connectivity index (χ1n) is 14.5. The number of aryl methyl sites for hydroxylation is 1. The lowest BCUT2D eigenvalue weighted by Gasteiger charge is -2.31. The van der Waals surface area contributed by atoms with E-state index in [0.717, 1.165) is 22.2 Å². The van der Waals surface area contributed by atoms with Gasteiger partial charge in [0.15, 0.2) is 5.78 Å². The average molecular weight is 674 g/mol. The van der Waals surface area contributed by atoms with E-state index >= 15 is 0 Å². The highest BCUT2D eigenvalue weighted by molar-refractivity contribution is 9.10. The van der Waals surface area contributed by atoms with E-state index in [2.05, 4.69) is 20.8 Å². The lowest BCUT2D eigenvalue weighted by Crippen LogP contribution is -2.40. The number of rotatable bonds is 10. The van der Waals surface area contributed by atoms with Crippen molar-refractivity contribution in [3.05, 3.63) is 70.6 Å². The zero-order chi connectivity index (χ0) is 30.6. The Morgan fingerprint density at radius 1 is 1.00 bits per heavy atom. The Balaban J connectivity index is 1.33. The summed E-state index contributed by atoms with van der Waals surface area (Å²) in [6, 6.07) is 13.5. The van der Waals surface area contributed by atoms with Crippen LogP contribution in [0.15, 0.2) is 64.0 Å². The molecule has 2 aliphatic heterocycles. The number of anilines is 1. The number of carbonyl (C=O) groups excluding carboxylic acids is 2. The van der Waals surface area contributed by atoms with Gasteiger partial charge in [0, 0.05) is 41.8 Å². The lowest BCUT2D eigenvalue weighted by atomic mass is 9.97. The number of hydrogen-bond acceptors (Lipinski definition) is 8. The molecule has 3 heterocycles. The maximum absolute atomic E-state index is 13.4. The van der Waals surface area contributed by atoms with Crippen LogP contribution in [0.3, 0.4) is 0 Å². The van der Waals surface area contributed by atoms with Crippen LogP contribution < -0.4 is 4.90 Å². The molecule has 0 aliphatic carbocycles. The second-order valence-electron chi connectivity index (χ2n) is 10.8. The van der Waals surface area contributed by atoms with Crippen molar-refractivity contribution in [2.24, 2.45) is 5.92 Å². The summed E-state index contributed by atoms with van der Waals surface area (Å²) in [5, 5.41) is 0. The summed E-state index contributed by atoms with van der Waals surface area (Å²) in [5.41, 5.74) is 2.29. The van der Waals surface area contributed by atoms with Gasteiger partial charge in [-0.1, -0.05) is 28.1 Å². The third-order valence-electron chi connectivity index (χ3n) is 7.93. The van der Waals surface area contributed by atoms with Gasteiger partial charge in [-0.25, -0.2) is 22.8 Å². The summed E-state index contributed by atoms with van der Waals surface area (Å²) >= 11 is 3.47. The molecule has 0 unspecified atom stereocenters. The maximum Gasteiger partial charge on any atom is 0.309 e. The van der Waals surface area contributed by atoms with Crippen molar-refractivity contribution < 1.29 is 27.1 Å². The minimum Gasteiger partial charge on any atom is -0.466 e. The van der Waals surface area contributed by atoms with Crippen LogP contribution in [-0.4, -0.2) is 66.7 Å². The molecule has 0 amide bonds. The highest BCUT2D eigenvalue weighted by Gasteiger charge is 2.39. The molecule has 0 bridgehead atoms. The molecule has 43 heavy (non-hydrogen) atoms. The molecule has 1 aromatic heterocycles. The Hall–Kier alpha value is -3.22. The number of sulfonamides is 1. The third-order valence-corrected chi connectivity index (χ3v) is 10.4. The molecule has 0 saturated carbocycles. The quantitative estimate of drug-likeness (QED) is 0.271. The van der Waals surface area contributed by atoms with Crippen LogP contribution in [0.5, 0.6) is 0 Å². The van der Waals surface area contributed by atoms with Crippen LogP contribution in [0.4, 0.5) is 10.3 Å². The smallest absolute Gasteiger partial charge is 0.309 e. The molecule has 2 aliphatic rings. The van der Waals surface area contributed by atoms with Crippen molar-refractivity contribution in [2.45, 2.75) is 56.4 Å². The Kier molecular flexibility index (Phi) is 9.88. The molecule has 2 aromatic carbocycles. The molecule has 2 fully saturated rings. The Morgan fingerprint density at radius 2 is 1.70 bits per heavy atom. The van der Waals surface area contributed by atoms with Gasteiger partial charge in [0.05, 0.1) is 29.2 Å². The van der Waals surface area contributed by atoms with Crippen molar-refractivity contribution in [1.82, 2.24) is 14.3 Å². The molecule has 228 valence electrons. The number of ketones is 1. The van der Waals surface area contributed by atoms with E-state index in [1.54, 1.807) is 6.92 Å². The number of carbonyl (C=O) groups is 2. The van der Waals surface area contributed by atoms with E-state index in [9.17, 15) is 22.4 Å². The predicted molar refractivity (Wildman–Crippen MR) is 163 cm³/mol. The van der Waals surface area contributed by atoms with Gasteiger partial charge in [-0.3, -0.25) is 9.59 Å². The molecule has 9 nitrogen and oxygen atoms in total. The number of piperidine rings is 1. The number of esters is 1. The van der Waals surface area contributed by atoms with Gasteiger partial charge in [-0.05, 0) is 81.5 Å². The third kappa shape index (κ3) is 7.30. The van der Waals surface area contributed by atoms with Crippen molar-refractivity contribution in [3.63, 3.8) is 0 Å². The number of aromatic nitrogens is 2. The van der Waals surface area contributed by atoms with Crippen LogP contribution >= 0.6 is 15.9 Å². The number of Topliss-reactive ketones (excluding diaryl/α,β-unsaturated/α-hetero) is 1. The van der Waals surface area contributed by atoms with E-state index in [-0.39, 0.29) is 35.5 Å². The van der Waals surface area contributed by atoms with Gasteiger partial charge in [0.1, 0.15) is 5.82 Å². The van der Waals surface area contributed by atoms with Gasteiger partial charge < -0.3 is 9.64 Å². The van der Waals surface area contributed by atoms with E-state index in [0.29, 0.717) is 69.1 Å². The van der Waals surface area contributed by atoms with Gasteiger partial charge in [0.2, 0.25) is 16.0 Å². The molecule has 2 saturated heterocycles. The molecule has 3 aromatic rings. The molecule has 5 rings (SSSR count). The molecule has 1 atom stereocenters. The molecular weight excluding hydrogens is 639 g/mol. The van der Waals surface area contributed by atoms with Gasteiger partial charge in [-0.15, -0.1) is 0 Å². The van der Waals surface area contributed by atoms with Crippen LogP contribution in [-0.2, 0) is 30.8 Å². The summed E-state index contributed by atoms with van der Waals surface area (Å²) in [7, 11) is -3.94. The zero-order valence-corrected chi connectivity index (χ0v) is 26.3. The first-order valence-corrected chi connectivity index (χ1v) is 16.7. The average Bonchev–Trinajstić information content (AvgIpc) is 3.52. The number of hydrogen-bond donors (Lipinski definition) is 0. The van der Waals surface area contributed by atoms with E-state index in [1.807, 2.05) is 30.3 Å². The molecule has 12 heteroatoms. The van der Waals surface area contributed by atoms with Gasteiger partial charge >= 0.3 is 5.97 Å². The molecular formula is C31H34BrFN4O5S. The highest BCUT2D eigenvalue weighted by atomic mass is 79.9. The van der Waals surface area contributed by atoms with Crippen LogP contribution in [0.2, 0.25) is 0 Å². The molecule has 0 spiro atoms. The van der Waals surface area contributed by atoms with Gasteiger partial charge in [-0.2, -0.15) is 4.31 Å². The Labute approximate surface area is 259 Å². The first kappa shape index (κ1) is 31.2.